The van der Waals surface area contributed by atoms with Crippen LogP contribution in [0.15, 0.2) is 30.4 Å². The standard InChI is InChI=1S/C15H12O3/c16-13-11-2-1-10(7-12(11)14(17)18-13)15-5-3-9(8-15)4-6-15/h1-3,5,7,9H,4,6,8H2. The SMILES string of the molecule is O=C1OC(=O)c2cc(C34C=CC(CC3)C4)ccc21. The molecule has 90 valence electrons. The highest BCUT2D eigenvalue weighted by Gasteiger charge is 2.43. The predicted octanol–water partition coefficient (Wildman–Crippen LogP) is 2.60. The van der Waals surface area contributed by atoms with E-state index >= 15 is 0 Å². The third-order valence-electron chi connectivity index (χ3n) is 4.49. The summed E-state index contributed by atoms with van der Waals surface area (Å²) in [6.45, 7) is 0. The van der Waals surface area contributed by atoms with E-state index in [1.165, 1.54) is 6.42 Å². The van der Waals surface area contributed by atoms with Crippen molar-refractivity contribution in [3.63, 3.8) is 0 Å². The molecule has 2 bridgehead atoms. The van der Waals surface area contributed by atoms with Gasteiger partial charge in [0.1, 0.15) is 0 Å². The fourth-order valence-corrected chi connectivity index (χ4v) is 3.50. The lowest BCUT2D eigenvalue weighted by atomic mass is 9.79. The quantitative estimate of drug-likeness (QED) is 0.430. The third kappa shape index (κ3) is 1.14. The minimum absolute atomic E-state index is 0.0889. The normalized spacial score (nSPS) is 31.9. The van der Waals surface area contributed by atoms with Gasteiger partial charge in [-0.1, -0.05) is 18.2 Å². The summed E-state index contributed by atoms with van der Waals surface area (Å²) in [4.78, 5) is 23.0. The lowest BCUT2D eigenvalue weighted by molar-refractivity contribution is 0.0444. The highest BCUT2D eigenvalue weighted by Crippen LogP contribution is 2.51. The molecule has 3 aliphatic rings. The zero-order valence-electron chi connectivity index (χ0n) is 9.81. The van der Waals surface area contributed by atoms with Gasteiger partial charge in [0.25, 0.3) is 0 Å². The molecule has 0 N–H and O–H groups in total. The van der Waals surface area contributed by atoms with Crippen molar-refractivity contribution in [2.45, 2.75) is 24.7 Å². The number of esters is 2. The zero-order chi connectivity index (χ0) is 12.3. The van der Waals surface area contributed by atoms with Gasteiger partial charge in [-0.25, -0.2) is 9.59 Å². The molecule has 1 aliphatic heterocycles. The topological polar surface area (TPSA) is 43.4 Å². The summed E-state index contributed by atoms with van der Waals surface area (Å²) < 4.78 is 4.63. The Morgan fingerprint density at radius 2 is 2.00 bits per heavy atom. The van der Waals surface area contributed by atoms with E-state index in [0.717, 1.165) is 18.4 Å². The number of hydrogen-bond acceptors (Lipinski definition) is 3. The van der Waals surface area contributed by atoms with Crippen LogP contribution in [0.1, 0.15) is 45.5 Å². The van der Waals surface area contributed by atoms with E-state index in [1.54, 1.807) is 6.07 Å². The van der Waals surface area contributed by atoms with Crippen LogP contribution in [0.5, 0.6) is 0 Å². The second-order valence-electron chi connectivity index (χ2n) is 5.46. The molecular weight excluding hydrogens is 228 g/mol. The highest BCUT2D eigenvalue weighted by atomic mass is 16.6. The van der Waals surface area contributed by atoms with Crippen LogP contribution in [0, 0.1) is 5.92 Å². The summed E-state index contributed by atoms with van der Waals surface area (Å²) in [7, 11) is 0. The fourth-order valence-electron chi connectivity index (χ4n) is 3.50. The molecule has 2 unspecified atom stereocenters. The molecule has 0 spiro atoms. The highest BCUT2D eigenvalue weighted by molar-refractivity contribution is 6.14. The first-order chi connectivity index (χ1) is 8.68. The number of benzene rings is 1. The van der Waals surface area contributed by atoms with Gasteiger partial charge in [-0.15, -0.1) is 0 Å². The minimum Gasteiger partial charge on any atom is -0.386 e. The second-order valence-corrected chi connectivity index (χ2v) is 5.46. The summed E-state index contributed by atoms with van der Waals surface area (Å²) in [5.74, 6) is -0.345. The summed E-state index contributed by atoms with van der Waals surface area (Å²) in [6.07, 6.45) is 8.03. The van der Waals surface area contributed by atoms with Crippen molar-refractivity contribution in [3.05, 3.63) is 47.0 Å². The van der Waals surface area contributed by atoms with Crippen LogP contribution in [0.25, 0.3) is 0 Å². The number of carbonyl (C=O) groups is 2. The van der Waals surface area contributed by atoms with Crippen LogP contribution in [-0.4, -0.2) is 11.9 Å². The summed E-state index contributed by atoms with van der Waals surface area (Å²) >= 11 is 0. The van der Waals surface area contributed by atoms with Gasteiger partial charge in [0.15, 0.2) is 0 Å². The van der Waals surface area contributed by atoms with Crippen LogP contribution in [0.4, 0.5) is 0 Å². The molecule has 1 aromatic carbocycles. The molecule has 1 heterocycles. The lowest BCUT2D eigenvalue weighted by Gasteiger charge is -2.24. The van der Waals surface area contributed by atoms with Crippen molar-refractivity contribution in [1.82, 2.24) is 0 Å². The van der Waals surface area contributed by atoms with E-state index in [9.17, 15) is 9.59 Å². The van der Waals surface area contributed by atoms with E-state index in [4.69, 9.17) is 0 Å². The summed E-state index contributed by atoms with van der Waals surface area (Å²) in [6, 6.07) is 5.55. The maximum absolute atomic E-state index is 11.6. The smallest absolute Gasteiger partial charge is 0.346 e. The first-order valence-corrected chi connectivity index (χ1v) is 6.28. The van der Waals surface area contributed by atoms with Crippen molar-refractivity contribution < 1.29 is 14.3 Å². The Bertz CT molecular complexity index is 614. The molecule has 4 rings (SSSR count). The average molecular weight is 240 g/mol. The molecule has 0 aromatic heterocycles. The van der Waals surface area contributed by atoms with E-state index in [0.29, 0.717) is 17.0 Å². The van der Waals surface area contributed by atoms with Crippen LogP contribution in [0.3, 0.4) is 0 Å². The van der Waals surface area contributed by atoms with Crippen LogP contribution in [-0.2, 0) is 10.2 Å². The van der Waals surface area contributed by atoms with E-state index in [1.807, 2.05) is 12.1 Å². The van der Waals surface area contributed by atoms with Gasteiger partial charge in [0, 0.05) is 5.41 Å². The van der Waals surface area contributed by atoms with Crippen molar-refractivity contribution >= 4 is 11.9 Å². The van der Waals surface area contributed by atoms with Crippen molar-refractivity contribution in [3.8, 4) is 0 Å². The Kier molecular flexibility index (Phi) is 1.74. The fraction of sp³-hybridized carbons (Fsp3) is 0.333. The number of rotatable bonds is 1. The molecular formula is C15H12O3. The van der Waals surface area contributed by atoms with E-state index in [2.05, 4.69) is 16.9 Å². The summed E-state index contributed by atoms with van der Waals surface area (Å²) in [5.41, 5.74) is 2.06. The van der Waals surface area contributed by atoms with Gasteiger partial charge in [-0.05, 0) is 42.9 Å². The molecule has 18 heavy (non-hydrogen) atoms. The Balaban J connectivity index is 1.85. The Morgan fingerprint density at radius 1 is 1.17 bits per heavy atom. The molecule has 1 aromatic rings. The molecule has 0 saturated heterocycles. The monoisotopic (exact) mass is 240 g/mol. The van der Waals surface area contributed by atoms with Crippen LogP contribution < -0.4 is 0 Å². The van der Waals surface area contributed by atoms with E-state index in [-0.39, 0.29) is 5.41 Å². The maximum atomic E-state index is 11.6. The van der Waals surface area contributed by atoms with Crippen molar-refractivity contribution in [2.75, 3.05) is 0 Å². The minimum atomic E-state index is -0.523. The number of hydrogen-bond donors (Lipinski definition) is 0. The second kappa shape index (κ2) is 3.10. The molecule has 1 saturated carbocycles. The molecule has 2 atom stereocenters. The predicted molar refractivity (Wildman–Crippen MR) is 64.3 cm³/mol. The molecule has 3 heteroatoms. The molecule has 0 amide bonds. The van der Waals surface area contributed by atoms with Crippen molar-refractivity contribution in [2.24, 2.45) is 5.92 Å². The number of fused-ring (bicyclic) bond motifs is 3. The van der Waals surface area contributed by atoms with E-state index < -0.39 is 11.9 Å². The number of ether oxygens (including phenoxy) is 1. The van der Waals surface area contributed by atoms with Gasteiger partial charge >= 0.3 is 11.9 Å². The average Bonchev–Trinajstić information content (AvgIpc) is 3.05. The van der Waals surface area contributed by atoms with Gasteiger partial charge in [-0.3, -0.25) is 0 Å². The van der Waals surface area contributed by atoms with Crippen molar-refractivity contribution in [1.29, 1.82) is 0 Å². The summed E-state index contributed by atoms with van der Waals surface area (Å²) in [5, 5.41) is 0. The van der Waals surface area contributed by atoms with Gasteiger partial charge in [0.05, 0.1) is 11.1 Å². The van der Waals surface area contributed by atoms with Gasteiger partial charge in [0.2, 0.25) is 0 Å². The molecule has 2 aliphatic carbocycles. The van der Waals surface area contributed by atoms with Crippen LogP contribution >= 0.6 is 0 Å². The largest absolute Gasteiger partial charge is 0.386 e. The first kappa shape index (κ1) is 10.1. The Labute approximate surface area is 104 Å². The Morgan fingerprint density at radius 3 is 2.67 bits per heavy atom. The molecule has 1 fully saturated rings. The van der Waals surface area contributed by atoms with Crippen LogP contribution in [0.2, 0.25) is 0 Å². The molecule has 0 radical (unpaired) electrons. The number of cyclic esters (lactones) is 2. The first-order valence-electron chi connectivity index (χ1n) is 6.28. The Hall–Kier alpha value is -1.90. The lowest BCUT2D eigenvalue weighted by Crippen LogP contribution is -2.17. The number of allylic oxidation sites excluding steroid dienone is 2. The zero-order valence-corrected chi connectivity index (χ0v) is 9.81. The van der Waals surface area contributed by atoms with Gasteiger partial charge in [-0.2, -0.15) is 0 Å². The van der Waals surface area contributed by atoms with Gasteiger partial charge < -0.3 is 4.74 Å². The number of carbonyl (C=O) groups excluding carboxylic acids is 2. The molecule has 3 nitrogen and oxygen atoms in total. The third-order valence-corrected chi connectivity index (χ3v) is 4.49. The maximum Gasteiger partial charge on any atom is 0.346 e.